The van der Waals surface area contributed by atoms with Gasteiger partial charge in [-0.2, -0.15) is 5.10 Å². The Hall–Kier alpha value is -2.78. The lowest BCUT2D eigenvalue weighted by molar-refractivity contribution is -0.117. The SMILES string of the molecule is Cc1ccc(C(=O)NCCc2ncnn2C)cc1NC(=O)CN1CCCN(C)CC1. The number of hydrogen-bond acceptors (Lipinski definition) is 6. The Morgan fingerprint density at radius 1 is 1.13 bits per heavy atom. The number of carbonyl (C=O) groups excluding carboxylic acids is 2. The van der Waals surface area contributed by atoms with Gasteiger partial charge in [0, 0.05) is 44.4 Å². The lowest BCUT2D eigenvalue weighted by Crippen LogP contribution is -2.36. The fourth-order valence-corrected chi connectivity index (χ4v) is 3.49. The van der Waals surface area contributed by atoms with Crippen LogP contribution in [0.3, 0.4) is 0 Å². The Labute approximate surface area is 177 Å². The number of rotatable bonds is 7. The first kappa shape index (κ1) is 21.9. The Morgan fingerprint density at radius 2 is 1.97 bits per heavy atom. The molecule has 0 saturated carbocycles. The highest BCUT2D eigenvalue weighted by Gasteiger charge is 2.16. The molecule has 9 heteroatoms. The van der Waals surface area contributed by atoms with Crippen LogP contribution in [0.4, 0.5) is 5.69 Å². The highest BCUT2D eigenvalue weighted by molar-refractivity contribution is 5.98. The van der Waals surface area contributed by atoms with Crippen molar-refractivity contribution < 1.29 is 9.59 Å². The maximum Gasteiger partial charge on any atom is 0.251 e. The van der Waals surface area contributed by atoms with Crippen LogP contribution in [0.25, 0.3) is 0 Å². The van der Waals surface area contributed by atoms with Gasteiger partial charge in [-0.1, -0.05) is 6.07 Å². The topological polar surface area (TPSA) is 95.4 Å². The van der Waals surface area contributed by atoms with E-state index >= 15 is 0 Å². The summed E-state index contributed by atoms with van der Waals surface area (Å²) in [5, 5.41) is 9.89. The van der Waals surface area contributed by atoms with Gasteiger partial charge in [0.25, 0.3) is 5.91 Å². The molecule has 0 spiro atoms. The molecule has 0 bridgehead atoms. The maximum absolute atomic E-state index is 12.6. The fraction of sp³-hybridized carbons (Fsp3) is 0.524. The third kappa shape index (κ3) is 6.11. The lowest BCUT2D eigenvalue weighted by Gasteiger charge is -2.20. The predicted octanol–water partition coefficient (Wildman–Crippen LogP) is 0.672. The fourth-order valence-electron chi connectivity index (χ4n) is 3.49. The Morgan fingerprint density at radius 3 is 2.73 bits per heavy atom. The molecule has 2 amide bonds. The zero-order chi connectivity index (χ0) is 21.5. The lowest BCUT2D eigenvalue weighted by atomic mass is 10.1. The van der Waals surface area contributed by atoms with Crippen LogP contribution < -0.4 is 10.6 Å². The molecule has 0 aliphatic carbocycles. The molecule has 2 heterocycles. The van der Waals surface area contributed by atoms with Crippen LogP contribution in [-0.4, -0.2) is 82.7 Å². The number of hydrogen-bond donors (Lipinski definition) is 2. The number of nitrogens with one attached hydrogen (secondary N) is 2. The molecular formula is C21H31N7O2. The zero-order valence-electron chi connectivity index (χ0n) is 18.0. The zero-order valence-corrected chi connectivity index (χ0v) is 18.0. The van der Waals surface area contributed by atoms with Gasteiger partial charge in [-0.15, -0.1) is 0 Å². The minimum atomic E-state index is -0.178. The molecule has 162 valence electrons. The van der Waals surface area contributed by atoms with E-state index in [1.54, 1.807) is 16.8 Å². The minimum absolute atomic E-state index is 0.0532. The Bertz CT molecular complexity index is 880. The van der Waals surface area contributed by atoms with Crippen molar-refractivity contribution in [3.8, 4) is 0 Å². The van der Waals surface area contributed by atoms with E-state index in [-0.39, 0.29) is 11.8 Å². The molecule has 1 aromatic carbocycles. The summed E-state index contributed by atoms with van der Waals surface area (Å²) in [6.45, 7) is 6.58. The standard InChI is InChI=1S/C21H31N7O2/c1-16-5-6-17(21(30)22-8-7-19-23-15-24-27(19)3)13-18(16)25-20(29)14-28-10-4-9-26(2)11-12-28/h5-6,13,15H,4,7-12,14H2,1-3H3,(H,22,30)(H,25,29). The van der Waals surface area contributed by atoms with Gasteiger partial charge in [-0.3, -0.25) is 19.2 Å². The summed E-state index contributed by atoms with van der Waals surface area (Å²) in [6, 6.07) is 5.36. The summed E-state index contributed by atoms with van der Waals surface area (Å²) in [5.74, 6) is 0.581. The summed E-state index contributed by atoms with van der Waals surface area (Å²) in [5.41, 5.74) is 2.12. The molecule has 0 unspecified atom stereocenters. The summed E-state index contributed by atoms with van der Waals surface area (Å²) >= 11 is 0. The minimum Gasteiger partial charge on any atom is -0.352 e. The van der Waals surface area contributed by atoms with Crippen LogP contribution in [0.2, 0.25) is 0 Å². The van der Waals surface area contributed by atoms with Crippen LogP contribution in [0.1, 0.15) is 28.2 Å². The number of benzene rings is 1. The number of nitrogens with zero attached hydrogens (tertiary/aromatic N) is 5. The first-order valence-corrected chi connectivity index (χ1v) is 10.3. The smallest absolute Gasteiger partial charge is 0.251 e. The number of amides is 2. The Balaban J connectivity index is 1.54. The number of aryl methyl sites for hydroxylation is 2. The normalized spacial score (nSPS) is 15.6. The van der Waals surface area contributed by atoms with Crippen LogP contribution in [-0.2, 0) is 18.3 Å². The Kier molecular flexibility index (Phi) is 7.53. The monoisotopic (exact) mass is 413 g/mol. The molecule has 9 nitrogen and oxygen atoms in total. The van der Waals surface area contributed by atoms with Crippen molar-refractivity contribution in [3.05, 3.63) is 41.5 Å². The summed E-state index contributed by atoms with van der Waals surface area (Å²) in [4.78, 5) is 33.7. The number of carbonyl (C=O) groups is 2. The molecule has 1 saturated heterocycles. The second-order valence-corrected chi connectivity index (χ2v) is 7.82. The van der Waals surface area contributed by atoms with Crippen molar-refractivity contribution in [2.45, 2.75) is 19.8 Å². The third-order valence-corrected chi connectivity index (χ3v) is 5.39. The average Bonchev–Trinajstić information content (AvgIpc) is 3.00. The molecular weight excluding hydrogens is 382 g/mol. The molecule has 0 atom stereocenters. The molecule has 1 aliphatic rings. The van der Waals surface area contributed by atoms with Crippen molar-refractivity contribution in [1.29, 1.82) is 0 Å². The molecule has 2 N–H and O–H groups in total. The first-order valence-electron chi connectivity index (χ1n) is 10.3. The molecule has 2 aromatic rings. The van der Waals surface area contributed by atoms with Gasteiger partial charge in [-0.05, 0) is 51.2 Å². The molecule has 3 rings (SSSR count). The van der Waals surface area contributed by atoms with Crippen molar-refractivity contribution in [2.75, 3.05) is 51.6 Å². The highest BCUT2D eigenvalue weighted by Crippen LogP contribution is 2.17. The second kappa shape index (κ2) is 10.3. The van der Waals surface area contributed by atoms with E-state index in [1.807, 2.05) is 20.0 Å². The highest BCUT2D eigenvalue weighted by atomic mass is 16.2. The maximum atomic E-state index is 12.6. The van der Waals surface area contributed by atoms with E-state index in [1.165, 1.54) is 6.33 Å². The van der Waals surface area contributed by atoms with E-state index in [2.05, 4.69) is 37.6 Å². The molecule has 0 radical (unpaired) electrons. The van der Waals surface area contributed by atoms with Crippen LogP contribution >= 0.6 is 0 Å². The van der Waals surface area contributed by atoms with E-state index in [0.29, 0.717) is 30.8 Å². The molecule has 1 fully saturated rings. The molecule has 1 aromatic heterocycles. The van der Waals surface area contributed by atoms with Gasteiger partial charge >= 0.3 is 0 Å². The van der Waals surface area contributed by atoms with Crippen molar-refractivity contribution in [2.24, 2.45) is 7.05 Å². The summed E-state index contributed by atoms with van der Waals surface area (Å²) in [6.07, 6.45) is 3.16. The van der Waals surface area contributed by atoms with Gasteiger partial charge in [0.1, 0.15) is 12.2 Å². The third-order valence-electron chi connectivity index (χ3n) is 5.39. The van der Waals surface area contributed by atoms with Gasteiger partial charge in [0.15, 0.2) is 0 Å². The number of aromatic nitrogens is 3. The van der Waals surface area contributed by atoms with Crippen molar-refractivity contribution in [3.63, 3.8) is 0 Å². The van der Waals surface area contributed by atoms with E-state index in [0.717, 1.165) is 44.0 Å². The molecule has 1 aliphatic heterocycles. The average molecular weight is 414 g/mol. The number of likely N-dealkylation sites (N-methyl/N-ethyl adjacent to an activating group) is 1. The van der Waals surface area contributed by atoms with Gasteiger partial charge in [0.05, 0.1) is 6.54 Å². The van der Waals surface area contributed by atoms with Gasteiger partial charge in [0.2, 0.25) is 5.91 Å². The van der Waals surface area contributed by atoms with E-state index in [9.17, 15) is 9.59 Å². The summed E-state index contributed by atoms with van der Waals surface area (Å²) < 4.78 is 1.69. The van der Waals surface area contributed by atoms with Crippen LogP contribution in [0, 0.1) is 6.92 Å². The van der Waals surface area contributed by atoms with Crippen molar-refractivity contribution >= 4 is 17.5 Å². The van der Waals surface area contributed by atoms with Crippen LogP contribution in [0.5, 0.6) is 0 Å². The quantitative estimate of drug-likeness (QED) is 0.693. The number of anilines is 1. The second-order valence-electron chi connectivity index (χ2n) is 7.82. The van der Waals surface area contributed by atoms with Crippen LogP contribution in [0.15, 0.2) is 24.5 Å². The van der Waals surface area contributed by atoms with Gasteiger partial charge < -0.3 is 15.5 Å². The van der Waals surface area contributed by atoms with Crippen molar-refractivity contribution in [1.82, 2.24) is 29.9 Å². The first-order chi connectivity index (χ1) is 14.4. The van der Waals surface area contributed by atoms with Gasteiger partial charge in [-0.25, -0.2) is 4.98 Å². The van der Waals surface area contributed by atoms with E-state index < -0.39 is 0 Å². The largest absolute Gasteiger partial charge is 0.352 e. The summed E-state index contributed by atoms with van der Waals surface area (Å²) in [7, 11) is 3.93. The van der Waals surface area contributed by atoms with E-state index in [4.69, 9.17) is 0 Å². The predicted molar refractivity (Wildman–Crippen MR) is 115 cm³/mol. The molecule has 30 heavy (non-hydrogen) atoms.